The minimum atomic E-state index is -3.71. The Labute approximate surface area is 180 Å². The quantitative estimate of drug-likeness (QED) is 0.329. The van der Waals surface area contributed by atoms with E-state index >= 15 is 0 Å². The zero-order valence-corrected chi connectivity index (χ0v) is 21.1. The standard InChI is InChI=1S/C19H33BrNO5PS/c1-8-24-17(25-9-2)27(22,26-10-3)19(7,21-28(23)18(4,5)6)15-11-13-16(20)14-12-15/h11-14,17,21H,8-10H2,1-7H3/t19-,27?,28?/m1/s1. The summed E-state index contributed by atoms with van der Waals surface area (Å²) in [7, 11) is -5.22. The molecule has 1 aromatic carbocycles. The summed E-state index contributed by atoms with van der Waals surface area (Å²) in [5.74, 6) is 0. The molecule has 28 heavy (non-hydrogen) atoms. The van der Waals surface area contributed by atoms with Gasteiger partial charge >= 0.3 is 0 Å². The summed E-state index contributed by atoms with van der Waals surface area (Å²) in [5.41, 5.74) is 0.675. The third-order valence-corrected chi connectivity index (χ3v) is 9.59. The van der Waals surface area contributed by atoms with Crippen LogP contribution < -0.4 is 4.72 Å². The average Bonchev–Trinajstić information content (AvgIpc) is 2.61. The van der Waals surface area contributed by atoms with Gasteiger partial charge in [-0.1, -0.05) is 28.1 Å². The van der Waals surface area contributed by atoms with Gasteiger partial charge in [0, 0.05) is 17.7 Å². The van der Waals surface area contributed by atoms with Crippen LogP contribution in [0, 0.1) is 0 Å². The van der Waals surface area contributed by atoms with Crippen LogP contribution in [0.5, 0.6) is 0 Å². The predicted molar refractivity (Wildman–Crippen MR) is 119 cm³/mol. The maximum Gasteiger partial charge on any atom is 0.281 e. The summed E-state index contributed by atoms with van der Waals surface area (Å²) in [5, 5.41) is -1.29. The van der Waals surface area contributed by atoms with Crippen molar-refractivity contribution in [2.45, 2.75) is 64.5 Å². The van der Waals surface area contributed by atoms with Crippen molar-refractivity contribution >= 4 is 34.3 Å². The molecule has 2 unspecified atom stereocenters. The van der Waals surface area contributed by atoms with Gasteiger partial charge in [0.05, 0.1) is 22.3 Å². The van der Waals surface area contributed by atoms with Gasteiger partial charge in [0.15, 0.2) is 0 Å². The lowest BCUT2D eigenvalue weighted by Gasteiger charge is -2.42. The maximum atomic E-state index is 14.4. The molecule has 162 valence electrons. The van der Waals surface area contributed by atoms with Crippen LogP contribution in [-0.2, 0) is 34.8 Å². The monoisotopic (exact) mass is 497 g/mol. The van der Waals surface area contributed by atoms with Gasteiger partial charge in [0.1, 0.15) is 5.28 Å². The van der Waals surface area contributed by atoms with E-state index in [9.17, 15) is 8.77 Å². The number of benzene rings is 1. The number of rotatable bonds is 11. The predicted octanol–water partition coefficient (Wildman–Crippen LogP) is 5.34. The molecule has 1 aromatic rings. The van der Waals surface area contributed by atoms with Crippen molar-refractivity contribution in [1.82, 2.24) is 4.72 Å². The molecule has 0 fully saturated rings. The van der Waals surface area contributed by atoms with Crippen LogP contribution in [0.3, 0.4) is 0 Å². The van der Waals surface area contributed by atoms with Crippen molar-refractivity contribution in [3.63, 3.8) is 0 Å². The fourth-order valence-corrected chi connectivity index (χ4v) is 6.72. The Morgan fingerprint density at radius 1 is 1.04 bits per heavy atom. The van der Waals surface area contributed by atoms with Crippen molar-refractivity contribution in [2.75, 3.05) is 19.8 Å². The van der Waals surface area contributed by atoms with Crippen molar-refractivity contribution < 1.29 is 22.8 Å². The van der Waals surface area contributed by atoms with Gasteiger partial charge in [-0.15, -0.1) is 0 Å². The van der Waals surface area contributed by atoms with E-state index < -0.39 is 34.4 Å². The molecular weight excluding hydrogens is 465 g/mol. The van der Waals surface area contributed by atoms with Crippen LogP contribution in [-0.4, -0.2) is 34.8 Å². The zero-order valence-electron chi connectivity index (χ0n) is 17.8. The van der Waals surface area contributed by atoms with Crippen LogP contribution in [0.4, 0.5) is 0 Å². The Bertz CT molecular complexity index is 689. The fraction of sp³-hybridized carbons (Fsp3) is 0.684. The maximum absolute atomic E-state index is 14.4. The number of halogens is 1. The third-order valence-electron chi connectivity index (χ3n) is 4.09. The smallest absolute Gasteiger partial charge is 0.281 e. The van der Waals surface area contributed by atoms with Gasteiger partial charge in [-0.2, -0.15) is 0 Å². The molecule has 9 heteroatoms. The van der Waals surface area contributed by atoms with E-state index in [0.29, 0.717) is 18.8 Å². The minimum Gasteiger partial charge on any atom is -0.345 e. The molecule has 0 aliphatic carbocycles. The van der Waals surface area contributed by atoms with E-state index in [1.165, 1.54) is 0 Å². The molecule has 0 saturated heterocycles. The highest BCUT2D eigenvalue weighted by molar-refractivity contribution is 9.10. The summed E-state index contributed by atoms with van der Waals surface area (Å²) in [6.07, 6.45) is 0. The summed E-state index contributed by atoms with van der Waals surface area (Å²) in [6.45, 7) is 13.5. The molecule has 0 saturated carbocycles. The number of hydrogen-bond donors (Lipinski definition) is 1. The van der Waals surface area contributed by atoms with Crippen LogP contribution in [0.1, 0.15) is 54.0 Å². The first kappa shape index (κ1) is 26.0. The zero-order chi connectivity index (χ0) is 21.6. The van der Waals surface area contributed by atoms with Crippen LogP contribution >= 0.6 is 23.3 Å². The molecular formula is C19H33BrNO5PS. The fourth-order valence-electron chi connectivity index (χ4n) is 2.53. The molecule has 0 spiro atoms. The highest BCUT2D eigenvalue weighted by Crippen LogP contribution is 2.66. The highest BCUT2D eigenvalue weighted by Gasteiger charge is 2.55. The Hall–Kier alpha value is -0.0800. The second-order valence-electron chi connectivity index (χ2n) is 7.29. The molecule has 0 heterocycles. The van der Waals surface area contributed by atoms with Gasteiger partial charge in [-0.05, 0) is 66.2 Å². The number of hydrogen-bond acceptors (Lipinski definition) is 5. The van der Waals surface area contributed by atoms with Gasteiger partial charge in [-0.25, -0.2) is 8.93 Å². The van der Waals surface area contributed by atoms with Gasteiger partial charge in [0.2, 0.25) is 6.03 Å². The molecule has 6 nitrogen and oxygen atoms in total. The van der Waals surface area contributed by atoms with Crippen LogP contribution in [0.25, 0.3) is 0 Å². The number of nitrogens with one attached hydrogen (secondary N) is 1. The van der Waals surface area contributed by atoms with Crippen molar-refractivity contribution in [2.24, 2.45) is 0 Å². The summed E-state index contributed by atoms with van der Waals surface area (Å²) < 4.78 is 48.1. The molecule has 1 rings (SSSR count). The van der Waals surface area contributed by atoms with E-state index in [0.717, 1.165) is 4.47 Å². The van der Waals surface area contributed by atoms with E-state index in [4.69, 9.17) is 14.0 Å². The van der Waals surface area contributed by atoms with Gasteiger partial charge in [-0.3, -0.25) is 4.57 Å². The largest absolute Gasteiger partial charge is 0.345 e. The van der Waals surface area contributed by atoms with E-state index in [1.54, 1.807) is 27.7 Å². The second kappa shape index (κ2) is 10.8. The lowest BCUT2D eigenvalue weighted by Crippen LogP contribution is -2.48. The Morgan fingerprint density at radius 2 is 1.54 bits per heavy atom. The highest BCUT2D eigenvalue weighted by atomic mass is 79.9. The first-order valence-corrected chi connectivity index (χ1v) is 13.0. The molecule has 3 atom stereocenters. The summed E-state index contributed by atoms with van der Waals surface area (Å²) >= 11 is 3.42. The lowest BCUT2D eigenvalue weighted by molar-refractivity contribution is -0.0911. The molecule has 0 aromatic heterocycles. The average molecular weight is 498 g/mol. The SMILES string of the molecule is CCOC(OCC)P(=O)(OCC)[C@@](C)(NS(=O)C(C)(C)C)c1ccc(Br)cc1. The molecule has 0 bridgehead atoms. The van der Waals surface area contributed by atoms with Crippen molar-refractivity contribution in [1.29, 1.82) is 0 Å². The van der Waals surface area contributed by atoms with Crippen LogP contribution in [0.15, 0.2) is 28.7 Å². The topological polar surface area (TPSA) is 73.9 Å². The van der Waals surface area contributed by atoms with E-state index in [1.807, 2.05) is 45.0 Å². The molecule has 1 N–H and O–H groups in total. The van der Waals surface area contributed by atoms with Gasteiger partial charge in [0.25, 0.3) is 7.37 Å². The summed E-state index contributed by atoms with van der Waals surface area (Å²) in [4.78, 5) is 0. The molecule has 0 radical (unpaired) electrons. The van der Waals surface area contributed by atoms with Crippen molar-refractivity contribution in [3.8, 4) is 0 Å². The normalized spacial score (nSPS) is 17.9. The van der Waals surface area contributed by atoms with E-state index in [2.05, 4.69) is 20.7 Å². The Morgan fingerprint density at radius 3 is 1.93 bits per heavy atom. The second-order valence-corrected chi connectivity index (χ2v) is 12.9. The van der Waals surface area contributed by atoms with Crippen molar-refractivity contribution in [3.05, 3.63) is 34.3 Å². The van der Waals surface area contributed by atoms with Gasteiger partial charge < -0.3 is 14.0 Å². The molecule has 0 amide bonds. The first-order valence-electron chi connectivity index (χ1n) is 9.39. The minimum absolute atomic E-state index is 0.198. The lowest BCUT2D eigenvalue weighted by atomic mass is 10.1. The Kier molecular flexibility index (Phi) is 10.0. The van der Waals surface area contributed by atoms with E-state index in [-0.39, 0.29) is 6.61 Å². The Balaban J connectivity index is 3.65. The van der Waals surface area contributed by atoms with Crippen LogP contribution in [0.2, 0.25) is 0 Å². The number of ether oxygens (including phenoxy) is 2. The first-order chi connectivity index (χ1) is 13.0. The summed E-state index contributed by atoms with van der Waals surface area (Å²) in [6, 6.07) is 6.28. The molecule has 0 aliphatic rings. The third kappa shape index (κ3) is 5.97. The molecule has 0 aliphatic heterocycles.